The van der Waals surface area contributed by atoms with Crippen molar-refractivity contribution in [2.45, 2.75) is 31.8 Å². The summed E-state index contributed by atoms with van der Waals surface area (Å²) in [5.74, 6) is -0.0962. The lowest BCUT2D eigenvalue weighted by Crippen LogP contribution is -2.57. The van der Waals surface area contributed by atoms with E-state index in [0.29, 0.717) is 0 Å². The number of amides is 2. The molecule has 6 nitrogen and oxygen atoms in total. The molecule has 0 aromatic rings. The number of piperazine rings is 1. The van der Waals surface area contributed by atoms with E-state index in [9.17, 15) is 9.59 Å². The quantitative estimate of drug-likeness (QED) is 0.584. The number of nitrogens with one attached hydrogen (secondary N) is 3. The van der Waals surface area contributed by atoms with Gasteiger partial charge in [-0.25, -0.2) is 0 Å². The van der Waals surface area contributed by atoms with E-state index >= 15 is 0 Å². The van der Waals surface area contributed by atoms with Crippen LogP contribution in [0.5, 0.6) is 0 Å². The van der Waals surface area contributed by atoms with E-state index < -0.39 is 0 Å². The van der Waals surface area contributed by atoms with Gasteiger partial charge in [0.25, 0.3) is 0 Å². The highest BCUT2D eigenvalue weighted by Gasteiger charge is 2.28. The minimum atomic E-state index is -0.350. The zero-order valence-corrected chi connectivity index (χ0v) is 10.9. The van der Waals surface area contributed by atoms with Gasteiger partial charge < -0.3 is 16.0 Å². The molecule has 2 amide bonds. The van der Waals surface area contributed by atoms with E-state index in [1.165, 1.54) is 0 Å². The molecule has 0 aromatic carbocycles. The van der Waals surface area contributed by atoms with Gasteiger partial charge in [0.2, 0.25) is 11.8 Å². The summed E-state index contributed by atoms with van der Waals surface area (Å²) in [5, 5.41) is 8.89. The zero-order valence-electron chi connectivity index (χ0n) is 10.9. The maximum absolute atomic E-state index is 12.1. The van der Waals surface area contributed by atoms with Gasteiger partial charge in [-0.05, 0) is 19.8 Å². The van der Waals surface area contributed by atoms with Crippen LogP contribution < -0.4 is 16.0 Å². The van der Waals surface area contributed by atoms with Crippen molar-refractivity contribution in [1.29, 1.82) is 0 Å². The number of hydrogen-bond acceptors (Lipinski definition) is 4. The average molecular weight is 254 g/mol. The molecular formula is C12H22N4O2. The van der Waals surface area contributed by atoms with Crippen LogP contribution in [0, 0.1) is 0 Å². The standard InChI is InChI=1S/C12H22N4O2/c1-9(16-7-5-13-6-8-16)11(17)15-10-3-2-4-14-12(10)18/h9-10,13H,2-8H2,1H3,(H,14,18)(H,15,17). The molecular weight excluding hydrogens is 232 g/mol. The van der Waals surface area contributed by atoms with Crippen molar-refractivity contribution in [3.05, 3.63) is 0 Å². The van der Waals surface area contributed by atoms with Crippen molar-refractivity contribution in [1.82, 2.24) is 20.9 Å². The molecule has 2 atom stereocenters. The number of carbonyl (C=O) groups excluding carboxylic acids is 2. The molecule has 0 aromatic heterocycles. The number of hydrogen-bond donors (Lipinski definition) is 3. The normalized spacial score (nSPS) is 27.4. The molecule has 18 heavy (non-hydrogen) atoms. The number of carbonyl (C=O) groups is 2. The predicted octanol–water partition coefficient (Wildman–Crippen LogP) is -1.33. The second kappa shape index (κ2) is 6.15. The van der Waals surface area contributed by atoms with Gasteiger partial charge in [-0.15, -0.1) is 0 Å². The van der Waals surface area contributed by atoms with Crippen LogP contribution in [0.1, 0.15) is 19.8 Å². The molecule has 2 fully saturated rings. The summed E-state index contributed by atoms with van der Waals surface area (Å²) >= 11 is 0. The molecule has 6 heteroatoms. The Morgan fingerprint density at radius 1 is 1.39 bits per heavy atom. The molecule has 102 valence electrons. The van der Waals surface area contributed by atoms with E-state index in [4.69, 9.17) is 0 Å². The third-order valence-corrected chi connectivity index (χ3v) is 3.68. The van der Waals surface area contributed by atoms with Gasteiger partial charge >= 0.3 is 0 Å². The summed E-state index contributed by atoms with van der Waals surface area (Å²) in [4.78, 5) is 25.8. The van der Waals surface area contributed by atoms with Crippen LogP contribution in [0.15, 0.2) is 0 Å². The van der Waals surface area contributed by atoms with Crippen LogP contribution in [0.3, 0.4) is 0 Å². The summed E-state index contributed by atoms with van der Waals surface area (Å²) in [5.41, 5.74) is 0. The predicted molar refractivity (Wildman–Crippen MR) is 68.1 cm³/mol. The summed E-state index contributed by atoms with van der Waals surface area (Å²) in [6.45, 7) is 6.22. The molecule has 0 bridgehead atoms. The fraction of sp³-hybridized carbons (Fsp3) is 0.833. The van der Waals surface area contributed by atoms with E-state index in [1.807, 2.05) is 6.92 Å². The van der Waals surface area contributed by atoms with Gasteiger partial charge in [0.1, 0.15) is 6.04 Å². The maximum Gasteiger partial charge on any atom is 0.242 e. The highest BCUT2D eigenvalue weighted by molar-refractivity contribution is 5.89. The lowest BCUT2D eigenvalue weighted by Gasteiger charge is -2.33. The van der Waals surface area contributed by atoms with E-state index in [1.54, 1.807) is 0 Å². The minimum Gasteiger partial charge on any atom is -0.354 e. The van der Waals surface area contributed by atoms with E-state index in [-0.39, 0.29) is 23.9 Å². The first-order chi connectivity index (χ1) is 8.68. The van der Waals surface area contributed by atoms with E-state index in [2.05, 4.69) is 20.9 Å². The molecule has 2 unspecified atom stereocenters. The van der Waals surface area contributed by atoms with Crippen molar-refractivity contribution < 1.29 is 9.59 Å². The second-order valence-electron chi connectivity index (χ2n) is 4.96. The largest absolute Gasteiger partial charge is 0.354 e. The summed E-state index contributed by atoms with van der Waals surface area (Å²) in [7, 11) is 0. The summed E-state index contributed by atoms with van der Waals surface area (Å²) in [6.07, 6.45) is 1.67. The van der Waals surface area contributed by atoms with Crippen molar-refractivity contribution in [3.63, 3.8) is 0 Å². The van der Waals surface area contributed by atoms with Gasteiger partial charge in [0.15, 0.2) is 0 Å². The molecule has 0 aliphatic carbocycles. The van der Waals surface area contributed by atoms with Gasteiger partial charge in [-0.3, -0.25) is 14.5 Å². The lowest BCUT2D eigenvalue weighted by atomic mass is 10.1. The number of piperidine rings is 1. The Morgan fingerprint density at radius 2 is 2.11 bits per heavy atom. The summed E-state index contributed by atoms with van der Waals surface area (Å²) in [6, 6.07) is -0.515. The highest BCUT2D eigenvalue weighted by Crippen LogP contribution is 2.06. The van der Waals surface area contributed by atoms with E-state index in [0.717, 1.165) is 45.6 Å². The molecule has 0 saturated carbocycles. The van der Waals surface area contributed by atoms with Crippen molar-refractivity contribution >= 4 is 11.8 Å². The first kappa shape index (κ1) is 13.3. The topological polar surface area (TPSA) is 73.5 Å². The fourth-order valence-corrected chi connectivity index (χ4v) is 2.44. The number of nitrogens with zero attached hydrogens (tertiary/aromatic N) is 1. The van der Waals surface area contributed by atoms with Crippen molar-refractivity contribution in [3.8, 4) is 0 Å². The Bertz CT molecular complexity index is 315. The Kier molecular flexibility index (Phi) is 4.54. The third kappa shape index (κ3) is 3.20. The van der Waals surface area contributed by atoms with Crippen LogP contribution >= 0.6 is 0 Å². The number of rotatable bonds is 3. The molecule has 0 radical (unpaired) electrons. The highest BCUT2D eigenvalue weighted by atomic mass is 16.2. The van der Waals surface area contributed by atoms with Crippen LogP contribution in [-0.2, 0) is 9.59 Å². The van der Waals surface area contributed by atoms with Gasteiger partial charge in [0.05, 0.1) is 6.04 Å². The van der Waals surface area contributed by atoms with Crippen molar-refractivity contribution in [2.24, 2.45) is 0 Å². The lowest BCUT2D eigenvalue weighted by molar-refractivity contribution is -0.132. The molecule has 2 saturated heterocycles. The summed E-state index contributed by atoms with van der Waals surface area (Å²) < 4.78 is 0. The Balaban J connectivity index is 1.84. The average Bonchev–Trinajstić information content (AvgIpc) is 2.41. The molecule has 2 aliphatic rings. The van der Waals surface area contributed by atoms with Crippen LogP contribution in [0.25, 0.3) is 0 Å². The van der Waals surface area contributed by atoms with Crippen LogP contribution in [0.4, 0.5) is 0 Å². The Morgan fingerprint density at radius 3 is 2.78 bits per heavy atom. The molecule has 2 heterocycles. The first-order valence-electron chi connectivity index (χ1n) is 6.71. The Labute approximate surface area is 107 Å². The minimum absolute atomic E-state index is 0.0426. The van der Waals surface area contributed by atoms with Crippen LogP contribution in [-0.4, -0.2) is 61.5 Å². The van der Waals surface area contributed by atoms with Gasteiger partial charge in [-0.1, -0.05) is 0 Å². The fourth-order valence-electron chi connectivity index (χ4n) is 2.44. The Hall–Kier alpha value is -1.14. The molecule has 2 rings (SSSR count). The van der Waals surface area contributed by atoms with Crippen molar-refractivity contribution in [2.75, 3.05) is 32.7 Å². The molecule has 0 spiro atoms. The molecule has 3 N–H and O–H groups in total. The smallest absolute Gasteiger partial charge is 0.242 e. The van der Waals surface area contributed by atoms with Gasteiger partial charge in [0, 0.05) is 32.7 Å². The maximum atomic E-state index is 12.1. The van der Waals surface area contributed by atoms with Gasteiger partial charge in [-0.2, -0.15) is 0 Å². The van der Waals surface area contributed by atoms with Crippen LogP contribution in [0.2, 0.25) is 0 Å². The molecule has 2 aliphatic heterocycles. The third-order valence-electron chi connectivity index (χ3n) is 3.68. The zero-order chi connectivity index (χ0) is 13.0. The monoisotopic (exact) mass is 254 g/mol. The first-order valence-corrected chi connectivity index (χ1v) is 6.71. The second-order valence-corrected chi connectivity index (χ2v) is 4.96. The SMILES string of the molecule is CC(C(=O)NC1CCCNC1=O)N1CCNCC1.